The summed E-state index contributed by atoms with van der Waals surface area (Å²) in [7, 11) is 2.98. The zero-order chi connectivity index (χ0) is 41.5. The second-order valence-corrected chi connectivity index (χ2v) is 15.9. The van der Waals surface area contributed by atoms with E-state index in [1.807, 2.05) is 79.3 Å². The molecule has 1 aliphatic heterocycles. The van der Waals surface area contributed by atoms with Crippen LogP contribution in [0.2, 0.25) is 0 Å². The van der Waals surface area contributed by atoms with E-state index in [4.69, 9.17) is 33.4 Å². The number of aromatic nitrogens is 4. The van der Waals surface area contributed by atoms with Crippen LogP contribution in [0.15, 0.2) is 131 Å². The smallest absolute Gasteiger partial charge is 0.496 e. The van der Waals surface area contributed by atoms with Crippen LogP contribution in [0.4, 0.5) is 0 Å². The number of methoxy groups -OCH3 is 2. The van der Waals surface area contributed by atoms with Gasteiger partial charge in [-0.25, -0.2) is 9.97 Å². The molecular weight excluding hydrogens is 867 g/mol. The van der Waals surface area contributed by atoms with Crippen molar-refractivity contribution in [3.05, 3.63) is 131 Å². The third-order valence-corrected chi connectivity index (χ3v) is 10.3. The van der Waals surface area contributed by atoms with E-state index in [0.29, 0.717) is 32.2 Å². The monoisotopic (exact) mass is 914 g/mol. The lowest BCUT2D eigenvalue weighted by Crippen LogP contribution is -2.41. The molecule has 0 amide bonds. The maximum absolute atomic E-state index is 8.74. The molecule has 1 aliphatic rings. The van der Waals surface area contributed by atoms with Crippen molar-refractivity contribution in [2.24, 2.45) is 0 Å². The van der Waals surface area contributed by atoms with Crippen molar-refractivity contribution in [1.82, 2.24) is 19.9 Å². The van der Waals surface area contributed by atoms with E-state index in [0.717, 1.165) is 59.1 Å². The Bertz CT molecular complexity index is 2250. The minimum absolute atomic E-state index is 0.299. The summed E-state index contributed by atoms with van der Waals surface area (Å²) in [6.07, 6.45) is 7.46. The number of nitrogens with one attached hydrogen (secondary N) is 2. The molecule has 3 aromatic carbocycles. The quantitative estimate of drug-likeness (QED) is 0.0907. The summed E-state index contributed by atoms with van der Waals surface area (Å²) in [6, 6.07) is 30.8. The summed E-state index contributed by atoms with van der Waals surface area (Å²) in [6.45, 7) is 10.6. The Morgan fingerprint density at radius 1 is 0.603 bits per heavy atom. The number of phenolic OH excluding ortho intramolecular Hbond substituents is 1. The van der Waals surface area contributed by atoms with Gasteiger partial charge in [0.15, 0.2) is 0 Å². The standard InChI is InChI=1S/C16H16N2O2.C13H17BN2O2.C9H11BrO2.C6H5BrO/c1-19-8-9-20-15-4-2-12(3-5-15)14-10-13-6-7-17-16(13)18-11-14;1-12(2)13(3,4)18-14(17-12)10-7-9-5-6-15-11(9)16-8-10;1-11-6-7-12-9-4-2-8(10)3-5-9;7-5-1-3-6(8)4-2-5/h2-7,10-11H,8-9H2,1H3,(H,17,18);5-8H,1-4H3,(H,15,16);2-5H,6-7H2,1H3;1-4,8H. The number of ether oxygens (including phenoxy) is 4. The highest BCUT2D eigenvalue weighted by Crippen LogP contribution is 2.36. The second-order valence-electron chi connectivity index (χ2n) is 14.0. The zero-order valence-electron chi connectivity index (χ0n) is 33.5. The van der Waals surface area contributed by atoms with E-state index in [1.54, 1.807) is 44.7 Å². The fourth-order valence-corrected chi connectivity index (χ4v) is 5.89. The molecule has 58 heavy (non-hydrogen) atoms. The maximum Gasteiger partial charge on any atom is 0.496 e. The first-order valence-electron chi connectivity index (χ1n) is 18.6. The van der Waals surface area contributed by atoms with Crippen molar-refractivity contribution in [1.29, 1.82) is 0 Å². The number of rotatable bonds is 10. The van der Waals surface area contributed by atoms with Gasteiger partial charge in [-0.15, -0.1) is 0 Å². The lowest BCUT2D eigenvalue weighted by atomic mass is 9.80. The largest absolute Gasteiger partial charge is 0.508 e. The van der Waals surface area contributed by atoms with E-state index >= 15 is 0 Å². The molecule has 0 bridgehead atoms. The molecule has 1 saturated heterocycles. The molecule has 0 atom stereocenters. The first-order chi connectivity index (χ1) is 27.9. The van der Waals surface area contributed by atoms with Crippen molar-refractivity contribution in [3.8, 4) is 28.4 Å². The topological polar surface area (TPSA) is 133 Å². The number of nitrogens with zero attached hydrogens (tertiary/aromatic N) is 2. The number of fused-ring (bicyclic) bond motifs is 2. The third-order valence-electron chi connectivity index (χ3n) is 9.29. The van der Waals surface area contributed by atoms with Gasteiger partial charge in [-0.3, -0.25) is 0 Å². The summed E-state index contributed by atoms with van der Waals surface area (Å²) >= 11 is 6.58. The number of phenols is 1. The molecule has 8 rings (SSSR count). The van der Waals surface area contributed by atoms with E-state index < -0.39 is 0 Å². The average molecular weight is 917 g/mol. The molecule has 11 nitrogen and oxygen atoms in total. The molecule has 0 aliphatic carbocycles. The molecule has 0 unspecified atom stereocenters. The molecule has 304 valence electrons. The Morgan fingerprint density at radius 3 is 1.57 bits per heavy atom. The predicted octanol–water partition coefficient (Wildman–Crippen LogP) is 9.75. The highest BCUT2D eigenvalue weighted by molar-refractivity contribution is 9.10. The van der Waals surface area contributed by atoms with Crippen LogP contribution in [0.25, 0.3) is 33.2 Å². The zero-order valence-corrected chi connectivity index (χ0v) is 36.7. The highest BCUT2D eigenvalue weighted by Gasteiger charge is 2.51. The molecule has 3 N–H and O–H groups in total. The number of hydrogen-bond donors (Lipinski definition) is 3. The molecule has 0 radical (unpaired) electrons. The molecule has 0 spiro atoms. The maximum atomic E-state index is 8.74. The van der Waals surface area contributed by atoms with Crippen molar-refractivity contribution < 1.29 is 33.4 Å². The van der Waals surface area contributed by atoms with Crippen LogP contribution in [-0.4, -0.2) is 84.0 Å². The Hall–Kier alpha value is -4.70. The van der Waals surface area contributed by atoms with E-state index in [2.05, 4.69) is 91.6 Å². The molecule has 1 fully saturated rings. The minimum atomic E-state index is -0.346. The van der Waals surface area contributed by atoms with E-state index in [9.17, 15) is 0 Å². The summed E-state index contributed by atoms with van der Waals surface area (Å²) in [5, 5.41) is 10.9. The van der Waals surface area contributed by atoms with E-state index in [1.165, 1.54) is 0 Å². The van der Waals surface area contributed by atoms with Crippen molar-refractivity contribution in [2.45, 2.75) is 38.9 Å². The van der Waals surface area contributed by atoms with Crippen LogP contribution >= 0.6 is 31.9 Å². The van der Waals surface area contributed by atoms with Crippen molar-refractivity contribution >= 4 is 66.5 Å². The van der Waals surface area contributed by atoms with Gasteiger partial charge in [-0.2, -0.15) is 0 Å². The van der Waals surface area contributed by atoms with Crippen LogP contribution < -0.4 is 14.9 Å². The fraction of sp³-hybridized carbons (Fsp3) is 0.273. The summed E-state index contributed by atoms with van der Waals surface area (Å²) in [5.74, 6) is 2.02. The van der Waals surface area contributed by atoms with Gasteiger partial charge in [0.1, 0.15) is 41.8 Å². The minimum Gasteiger partial charge on any atom is -0.508 e. The molecule has 4 aromatic heterocycles. The molecule has 14 heteroatoms. The van der Waals surface area contributed by atoms with Gasteiger partial charge in [0.05, 0.1) is 24.4 Å². The van der Waals surface area contributed by atoms with Crippen molar-refractivity contribution in [3.63, 3.8) is 0 Å². The van der Waals surface area contributed by atoms with E-state index in [-0.39, 0.29) is 18.3 Å². The molecule has 7 aromatic rings. The number of aromatic hydroxyl groups is 1. The van der Waals surface area contributed by atoms with Gasteiger partial charge < -0.3 is 43.3 Å². The van der Waals surface area contributed by atoms with Gasteiger partial charge >= 0.3 is 7.12 Å². The Labute approximate surface area is 356 Å². The third kappa shape index (κ3) is 12.9. The lowest BCUT2D eigenvalue weighted by molar-refractivity contribution is 0.00578. The first kappa shape index (κ1) is 44.4. The number of benzene rings is 3. The molecular formula is C44H49BBr2N4O7. The fourth-order valence-electron chi connectivity index (χ4n) is 5.36. The summed E-state index contributed by atoms with van der Waals surface area (Å²) in [5.41, 5.74) is 4.35. The normalized spacial score (nSPS) is 13.8. The van der Waals surface area contributed by atoms with Crippen LogP contribution in [0.3, 0.4) is 0 Å². The van der Waals surface area contributed by atoms with Crippen molar-refractivity contribution in [2.75, 3.05) is 40.6 Å². The van der Waals surface area contributed by atoms with Crippen LogP contribution in [0.1, 0.15) is 27.7 Å². The lowest BCUT2D eigenvalue weighted by Gasteiger charge is -2.32. The number of halogens is 2. The highest BCUT2D eigenvalue weighted by atomic mass is 79.9. The predicted molar refractivity (Wildman–Crippen MR) is 238 cm³/mol. The Balaban J connectivity index is 0.000000155. The van der Waals surface area contributed by atoms with Gasteiger partial charge in [0.25, 0.3) is 0 Å². The number of pyridine rings is 2. The number of H-pyrrole nitrogens is 2. The van der Waals surface area contributed by atoms with Crippen LogP contribution in [-0.2, 0) is 18.8 Å². The SMILES string of the molecule is CC1(C)OB(c2cnc3[nH]ccc3c2)OC1(C)C.COCCOc1ccc(-c2cnc3[nH]ccc3c2)cc1.COCCOc1ccc(Br)cc1.Oc1ccc(Br)cc1. The van der Waals surface area contributed by atoms with Crippen LogP contribution in [0, 0.1) is 0 Å². The molecule has 5 heterocycles. The number of aromatic amines is 2. The first-order valence-corrected chi connectivity index (χ1v) is 20.2. The van der Waals surface area contributed by atoms with Gasteiger partial charge in [-0.1, -0.05) is 44.0 Å². The Morgan fingerprint density at radius 2 is 1.07 bits per heavy atom. The average Bonchev–Trinajstić information content (AvgIpc) is 3.95. The summed E-state index contributed by atoms with van der Waals surface area (Å²) < 4.78 is 34.8. The summed E-state index contributed by atoms with van der Waals surface area (Å²) in [4.78, 5) is 14.9. The van der Waals surface area contributed by atoms with Crippen LogP contribution in [0.5, 0.6) is 17.2 Å². The molecule has 0 saturated carbocycles. The Kier molecular flexibility index (Phi) is 16.3. The second kappa shape index (κ2) is 21.3. The van der Waals surface area contributed by atoms with Gasteiger partial charge in [-0.05, 0) is 118 Å². The van der Waals surface area contributed by atoms with Gasteiger partial charge in [0.2, 0.25) is 0 Å². The number of hydrogen-bond acceptors (Lipinski definition) is 9. The van der Waals surface area contributed by atoms with Gasteiger partial charge in [0, 0.05) is 69.8 Å².